The van der Waals surface area contributed by atoms with E-state index in [9.17, 15) is 18.0 Å². The first-order valence-electron chi connectivity index (χ1n) is 10.3. The van der Waals surface area contributed by atoms with Crippen LogP contribution >= 0.6 is 0 Å². The van der Waals surface area contributed by atoms with E-state index in [-0.39, 0.29) is 42.0 Å². The highest BCUT2D eigenvalue weighted by Gasteiger charge is 2.37. The van der Waals surface area contributed by atoms with E-state index in [1.807, 2.05) is 19.1 Å². The van der Waals surface area contributed by atoms with Gasteiger partial charge in [-0.3, -0.25) is 4.79 Å². The Kier molecular flexibility index (Phi) is 6.90. The fourth-order valence-electron chi connectivity index (χ4n) is 3.92. The Morgan fingerprint density at radius 3 is 2.45 bits per heavy atom. The summed E-state index contributed by atoms with van der Waals surface area (Å²) in [5.41, 5.74) is 0.902. The third-order valence-corrected chi connectivity index (χ3v) is 7.52. The zero-order valence-electron chi connectivity index (χ0n) is 18.3. The summed E-state index contributed by atoms with van der Waals surface area (Å²) in [6, 6.07) is 3.65. The van der Waals surface area contributed by atoms with Gasteiger partial charge in [-0.1, -0.05) is 0 Å². The van der Waals surface area contributed by atoms with Crippen molar-refractivity contribution in [3.63, 3.8) is 0 Å². The smallest absolute Gasteiger partial charge is 0.341 e. The molecule has 0 saturated carbocycles. The molecule has 3 heterocycles. The lowest BCUT2D eigenvalue weighted by molar-refractivity contribution is -0.126. The van der Waals surface area contributed by atoms with Crippen molar-refractivity contribution in [2.45, 2.75) is 52.0 Å². The second-order valence-electron chi connectivity index (χ2n) is 7.71. The van der Waals surface area contributed by atoms with Crippen molar-refractivity contribution in [2.24, 2.45) is 5.92 Å². The highest BCUT2D eigenvalue weighted by molar-refractivity contribution is 7.89. The molecule has 2 N–H and O–H groups in total. The molecule has 170 valence electrons. The molecule has 0 bridgehead atoms. The molecule has 1 amide bonds. The first-order valence-corrected chi connectivity index (χ1v) is 11.8. The molecule has 1 saturated heterocycles. The van der Waals surface area contributed by atoms with Crippen molar-refractivity contribution >= 4 is 21.9 Å². The van der Waals surface area contributed by atoms with E-state index in [1.165, 1.54) is 4.31 Å². The number of nitrogens with zero attached hydrogens (tertiary/aromatic N) is 1. The Labute approximate surface area is 182 Å². The number of carbonyl (C=O) groups is 2. The topological polar surface area (TPSA) is 122 Å². The number of esters is 1. The van der Waals surface area contributed by atoms with E-state index in [0.29, 0.717) is 36.5 Å². The average molecular weight is 452 g/mol. The summed E-state index contributed by atoms with van der Waals surface area (Å²) < 4.78 is 38.5. The second-order valence-corrected chi connectivity index (χ2v) is 9.58. The van der Waals surface area contributed by atoms with Crippen molar-refractivity contribution in [1.82, 2.24) is 14.6 Å². The van der Waals surface area contributed by atoms with E-state index in [2.05, 4.69) is 10.3 Å². The fourth-order valence-corrected chi connectivity index (χ4v) is 5.80. The number of nitrogens with one attached hydrogen (secondary N) is 2. The first kappa shape index (κ1) is 23.1. The van der Waals surface area contributed by atoms with E-state index < -0.39 is 16.0 Å². The van der Waals surface area contributed by atoms with Crippen LogP contribution in [0.5, 0.6) is 0 Å². The molecule has 10 heteroatoms. The molecule has 0 radical (unpaired) electrons. The number of aromatic nitrogens is 1. The van der Waals surface area contributed by atoms with Gasteiger partial charge in [-0.15, -0.1) is 0 Å². The van der Waals surface area contributed by atoms with Gasteiger partial charge in [0.15, 0.2) is 0 Å². The minimum atomic E-state index is -3.91. The van der Waals surface area contributed by atoms with Crippen molar-refractivity contribution in [2.75, 3.05) is 19.7 Å². The Hall–Kier alpha value is -2.59. The predicted octanol–water partition coefficient (Wildman–Crippen LogP) is 2.43. The minimum absolute atomic E-state index is 0.0421. The van der Waals surface area contributed by atoms with E-state index in [0.717, 1.165) is 5.76 Å². The van der Waals surface area contributed by atoms with Gasteiger partial charge in [0.2, 0.25) is 15.9 Å². The van der Waals surface area contributed by atoms with Gasteiger partial charge >= 0.3 is 5.97 Å². The maximum atomic E-state index is 13.3. The molecular formula is C21H29N3O6S. The Bertz CT molecular complexity index is 1060. The van der Waals surface area contributed by atoms with Crippen molar-refractivity contribution < 1.29 is 27.2 Å². The van der Waals surface area contributed by atoms with Crippen LogP contribution in [0, 0.1) is 26.7 Å². The standard InChI is InChI=1S/C21H29N3O6S/c1-5-29-21(26)18-14(3)23-15(4)19(18)31(27,28)24-10-8-16(9-11-24)20(25)22-12-17-7-6-13(2)30-17/h6-7,16,23H,5,8-12H2,1-4H3,(H,22,25). The molecule has 0 atom stereocenters. The molecule has 0 aromatic carbocycles. The van der Waals surface area contributed by atoms with Crippen LogP contribution in [-0.4, -0.2) is 49.3 Å². The number of piperidine rings is 1. The van der Waals surface area contributed by atoms with Gasteiger partial charge < -0.3 is 19.5 Å². The number of rotatable bonds is 7. The van der Waals surface area contributed by atoms with Crippen molar-refractivity contribution in [3.05, 3.63) is 40.6 Å². The molecule has 1 aliphatic rings. The Balaban J connectivity index is 1.67. The summed E-state index contributed by atoms with van der Waals surface area (Å²) in [4.78, 5) is 27.8. The zero-order valence-corrected chi connectivity index (χ0v) is 19.1. The molecule has 2 aromatic rings. The third-order valence-electron chi connectivity index (χ3n) is 5.45. The summed E-state index contributed by atoms with van der Waals surface area (Å²) in [6.45, 7) is 7.63. The maximum absolute atomic E-state index is 13.3. The number of sulfonamides is 1. The number of H-pyrrole nitrogens is 1. The van der Waals surface area contributed by atoms with E-state index in [1.54, 1.807) is 20.8 Å². The van der Waals surface area contributed by atoms with Gasteiger partial charge in [0.25, 0.3) is 0 Å². The van der Waals surface area contributed by atoms with Crippen LogP contribution in [0.1, 0.15) is 53.0 Å². The number of aromatic amines is 1. The van der Waals surface area contributed by atoms with Crippen LogP contribution in [0.25, 0.3) is 0 Å². The molecule has 1 fully saturated rings. The highest BCUT2D eigenvalue weighted by Crippen LogP contribution is 2.30. The van der Waals surface area contributed by atoms with Gasteiger partial charge in [0, 0.05) is 30.4 Å². The lowest BCUT2D eigenvalue weighted by atomic mass is 9.97. The normalized spacial score (nSPS) is 15.7. The van der Waals surface area contributed by atoms with Crippen LogP contribution in [0.2, 0.25) is 0 Å². The number of hydrogen-bond acceptors (Lipinski definition) is 6. The van der Waals surface area contributed by atoms with Gasteiger partial charge in [-0.05, 0) is 52.7 Å². The summed E-state index contributed by atoms with van der Waals surface area (Å²) in [5.74, 6) is 0.398. The predicted molar refractivity (Wildman–Crippen MR) is 113 cm³/mol. The lowest BCUT2D eigenvalue weighted by Crippen LogP contribution is -2.43. The SMILES string of the molecule is CCOC(=O)c1c(C)[nH]c(C)c1S(=O)(=O)N1CCC(C(=O)NCc2ccc(C)o2)CC1. The Morgan fingerprint density at radius 2 is 1.87 bits per heavy atom. The summed E-state index contributed by atoms with van der Waals surface area (Å²) in [7, 11) is -3.91. The molecule has 1 aliphatic heterocycles. The monoisotopic (exact) mass is 451 g/mol. The Morgan fingerprint density at radius 1 is 1.19 bits per heavy atom. The first-order chi connectivity index (χ1) is 14.6. The molecule has 31 heavy (non-hydrogen) atoms. The average Bonchev–Trinajstić information content (AvgIpc) is 3.28. The summed E-state index contributed by atoms with van der Waals surface area (Å²) >= 11 is 0. The van der Waals surface area contributed by atoms with Crippen molar-refractivity contribution in [3.8, 4) is 0 Å². The quantitative estimate of drug-likeness (QED) is 0.624. The van der Waals surface area contributed by atoms with Gasteiger partial charge in [0.05, 0.1) is 13.2 Å². The number of amides is 1. The number of hydrogen-bond donors (Lipinski definition) is 2. The maximum Gasteiger partial charge on any atom is 0.341 e. The molecule has 0 unspecified atom stereocenters. The molecule has 0 aliphatic carbocycles. The summed E-state index contributed by atoms with van der Waals surface area (Å²) in [6.07, 6.45) is 0.804. The molecule has 0 spiro atoms. The highest BCUT2D eigenvalue weighted by atomic mass is 32.2. The van der Waals surface area contributed by atoms with Crippen LogP contribution in [-0.2, 0) is 26.1 Å². The third kappa shape index (κ3) is 4.85. The number of furan rings is 1. The van der Waals surface area contributed by atoms with Crippen LogP contribution < -0.4 is 5.32 Å². The van der Waals surface area contributed by atoms with Crippen LogP contribution in [0.3, 0.4) is 0 Å². The number of ether oxygens (including phenoxy) is 1. The van der Waals surface area contributed by atoms with E-state index in [4.69, 9.17) is 9.15 Å². The van der Waals surface area contributed by atoms with E-state index >= 15 is 0 Å². The lowest BCUT2D eigenvalue weighted by Gasteiger charge is -2.30. The number of carbonyl (C=O) groups excluding carboxylic acids is 2. The molecule has 2 aromatic heterocycles. The van der Waals surface area contributed by atoms with Crippen molar-refractivity contribution in [1.29, 1.82) is 0 Å². The van der Waals surface area contributed by atoms with Crippen LogP contribution in [0.15, 0.2) is 21.4 Å². The largest absolute Gasteiger partial charge is 0.465 e. The van der Waals surface area contributed by atoms with Crippen LogP contribution in [0.4, 0.5) is 0 Å². The minimum Gasteiger partial charge on any atom is -0.465 e. The van der Waals surface area contributed by atoms with Gasteiger partial charge in [-0.2, -0.15) is 4.31 Å². The zero-order chi connectivity index (χ0) is 22.8. The molecule has 9 nitrogen and oxygen atoms in total. The molecular weight excluding hydrogens is 422 g/mol. The summed E-state index contributed by atoms with van der Waals surface area (Å²) in [5, 5.41) is 2.85. The fraction of sp³-hybridized carbons (Fsp3) is 0.524. The van der Waals surface area contributed by atoms with Gasteiger partial charge in [-0.25, -0.2) is 13.2 Å². The number of aryl methyl sites for hydroxylation is 3. The second kappa shape index (κ2) is 9.27. The molecule has 3 rings (SSSR count). The van der Waals surface area contributed by atoms with Gasteiger partial charge in [0.1, 0.15) is 22.0 Å².